The lowest BCUT2D eigenvalue weighted by Gasteiger charge is -2.33. The Balaban J connectivity index is 2.01. The zero-order valence-corrected chi connectivity index (χ0v) is 14.5. The zero-order chi connectivity index (χ0) is 18.7. The van der Waals surface area contributed by atoms with Gasteiger partial charge in [-0.2, -0.15) is 0 Å². The summed E-state index contributed by atoms with van der Waals surface area (Å²) in [6.45, 7) is 2.09. The van der Waals surface area contributed by atoms with Crippen LogP contribution >= 0.6 is 0 Å². The van der Waals surface area contributed by atoms with E-state index in [-0.39, 0.29) is 6.04 Å². The molecule has 0 bridgehead atoms. The van der Waals surface area contributed by atoms with E-state index < -0.39 is 6.09 Å². The van der Waals surface area contributed by atoms with Gasteiger partial charge in [0.15, 0.2) is 11.5 Å². The van der Waals surface area contributed by atoms with Gasteiger partial charge in [0, 0.05) is 24.1 Å². The van der Waals surface area contributed by atoms with E-state index in [1.54, 1.807) is 19.1 Å². The standard InChI is InChI=1S/C19H20N2O5/c1-12-8-15(20-24)14-9-18(26-11-13-6-4-3-5-7-13)17(25-2)10-16(14)21(12)19(22)23/h3-7,9-10,12,24H,8,11H2,1-2H3,(H,22,23)/b20-15-. The minimum atomic E-state index is -1.07. The number of anilines is 1. The summed E-state index contributed by atoms with van der Waals surface area (Å²) < 4.78 is 11.3. The molecule has 0 aromatic heterocycles. The number of ether oxygens (including phenoxy) is 2. The smallest absolute Gasteiger partial charge is 0.412 e. The summed E-state index contributed by atoms with van der Waals surface area (Å²) in [4.78, 5) is 12.9. The number of methoxy groups -OCH3 is 1. The average molecular weight is 356 g/mol. The number of amides is 1. The molecule has 3 rings (SSSR count). The molecule has 1 aliphatic heterocycles. The maximum absolute atomic E-state index is 11.7. The Bertz CT molecular complexity index is 835. The number of rotatable bonds is 4. The van der Waals surface area contributed by atoms with E-state index in [4.69, 9.17) is 9.47 Å². The highest BCUT2D eigenvalue weighted by atomic mass is 16.5. The zero-order valence-electron chi connectivity index (χ0n) is 14.5. The average Bonchev–Trinajstić information content (AvgIpc) is 2.65. The van der Waals surface area contributed by atoms with Crippen LogP contribution in [-0.4, -0.2) is 35.3 Å². The fourth-order valence-electron chi connectivity index (χ4n) is 3.09. The molecule has 0 aliphatic carbocycles. The molecule has 1 aliphatic rings. The lowest BCUT2D eigenvalue weighted by molar-refractivity contribution is 0.199. The van der Waals surface area contributed by atoms with Gasteiger partial charge in [-0.15, -0.1) is 0 Å². The quantitative estimate of drug-likeness (QED) is 0.643. The Morgan fingerprint density at radius 3 is 2.62 bits per heavy atom. The molecule has 2 aromatic carbocycles. The van der Waals surface area contributed by atoms with Crippen molar-refractivity contribution in [3.05, 3.63) is 53.6 Å². The van der Waals surface area contributed by atoms with E-state index in [1.165, 1.54) is 12.0 Å². The third kappa shape index (κ3) is 3.28. The molecule has 0 spiro atoms. The molecule has 0 fully saturated rings. The number of fused-ring (bicyclic) bond motifs is 1. The molecule has 136 valence electrons. The highest BCUT2D eigenvalue weighted by molar-refractivity contribution is 6.11. The molecular formula is C19H20N2O5. The largest absolute Gasteiger partial charge is 0.493 e. The van der Waals surface area contributed by atoms with Crippen LogP contribution in [0.3, 0.4) is 0 Å². The number of hydrogen-bond donors (Lipinski definition) is 2. The Kier molecular flexibility index (Phi) is 4.97. The maximum Gasteiger partial charge on any atom is 0.412 e. The van der Waals surface area contributed by atoms with E-state index in [9.17, 15) is 15.1 Å². The van der Waals surface area contributed by atoms with Crippen molar-refractivity contribution >= 4 is 17.5 Å². The Morgan fingerprint density at radius 2 is 2.00 bits per heavy atom. The number of nitrogens with zero attached hydrogens (tertiary/aromatic N) is 2. The number of carbonyl (C=O) groups is 1. The van der Waals surface area contributed by atoms with Crippen LogP contribution in [0.25, 0.3) is 0 Å². The predicted octanol–water partition coefficient (Wildman–Crippen LogP) is 3.73. The third-order valence-electron chi connectivity index (χ3n) is 4.35. The molecule has 7 nitrogen and oxygen atoms in total. The maximum atomic E-state index is 11.7. The topological polar surface area (TPSA) is 91.6 Å². The van der Waals surface area contributed by atoms with Crippen LogP contribution in [0.4, 0.5) is 10.5 Å². The first kappa shape index (κ1) is 17.6. The summed E-state index contributed by atoms with van der Waals surface area (Å²) >= 11 is 0. The van der Waals surface area contributed by atoms with Gasteiger partial charge in [-0.3, -0.25) is 4.90 Å². The first-order valence-corrected chi connectivity index (χ1v) is 8.17. The van der Waals surface area contributed by atoms with E-state index in [2.05, 4.69) is 5.16 Å². The molecule has 1 amide bonds. The number of benzene rings is 2. The van der Waals surface area contributed by atoms with E-state index in [1.807, 2.05) is 30.3 Å². The Labute approximate surface area is 151 Å². The summed E-state index contributed by atoms with van der Waals surface area (Å²) in [5.74, 6) is 0.869. The van der Waals surface area contributed by atoms with E-state index in [0.717, 1.165) is 5.56 Å². The first-order valence-electron chi connectivity index (χ1n) is 8.17. The molecule has 0 saturated heterocycles. The molecule has 1 heterocycles. The van der Waals surface area contributed by atoms with Gasteiger partial charge in [-0.1, -0.05) is 35.5 Å². The van der Waals surface area contributed by atoms with Crippen molar-refractivity contribution in [3.63, 3.8) is 0 Å². The molecular weight excluding hydrogens is 336 g/mol. The van der Waals surface area contributed by atoms with Crippen molar-refractivity contribution in [2.45, 2.75) is 26.0 Å². The van der Waals surface area contributed by atoms with Gasteiger partial charge in [-0.25, -0.2) is 4.79 Å². The summed E-state index contributed by atoms with van der Waals surface area (Å²) in [7, 11) is 1.50. The van der Waals surface area contributed by atoms with Crippen molar-refractivity contribution < 1.29 is 24.6 Å². The van der Waals surface area contributed by atoms with Crippen LogP contribution in [0.2, 0.25) is 0 Å². The minimum absolute atomic E-state index is 0.306. The molecule has 0 saturated carbocycles. The monoisotopic (exact) mass is 356 g/mol. The lowest BCUT2D eigenvalue weighted by atomic mass is 9.94. The van der Waals surface area contributed by atoms with E-state index in [0.29, 0.717) is 41.5 Å². The van der Waals surface area contributed by atoms with Gasteiger partial charge in [-0.05, 0) is 18.6 Å². The van der Waals surface area contributed by atoms with Crippen molar-refractivity contribution in [1.82, 2.24) is 0 Å². The van der Waals surface area contributed by atoms with Crippen LogP contribution in [0, 0.1) is 0 Å². The Hall–Kier alpha value is -3.22. The molecule has 7 heteroatoms. The summed E-state index contributed by atoms with van der Waals surface area (Å²) in [5.41, 5.74) is 2.33. The van der Waals surface area contributed by atoms with Gasteiger partial charge in [0.25, 0.3) is 0 Å². The fourth-order valence-corrected chi connectivity index (χ4v) is 3.09. The highest BCUT2D eigenvalue weighted by Gasteiger charge is 2.33. The van der Waals surface area contributed by atoms with Crippen molar-refractivity contribution in [3.8, 4) is 11.5 Å². The third-order valence-corrected chi connectivity index (χ3v) is 4.35. The number of hydrogen-bond acceptors (Lipinski definition) is 5. The predicted molar refractivity (Wildman–Crippen MR) is 96.7 cm³/mol. The van der Waals surface area contributed by atoms with Crippen LogP contribution in [0.15, 0.2) is 47.6 Å². The summed E-state index contributed by atoms with van der Waals surface area (Å²) in [6.07, 6.45) is -0.768. The second-order valence-electron chi connectivity index (χ2n) is 6.05. The van der Waals surface area contributed by atoms with Gasteiger partial charge in [0.05, 0.1) is 18.5 Å². The molecule has 0 radical (unpaired) electrons. The first-order chi connectivity index (χ1) is 12.5. The lowest BCUT2D eigenvalue weighted by Crippen LogP contribution is -2.43. The van der Waals surface area contributed by atoms with Crippen LogP contribution < -0.4 is 14.4 Å². The summed E-state index contributed by atoms with van der Waals surface area (Å²) in [5, 5.41) is 22.3. The summed E-state index contributed by atoms with van der Waals surface area (Å²) in [6, 6.07) is 12.6. The molecule has 1 unspecified atom stereocenters. The van der Waals surface area contributed by atoms with Crippen molar-refractivity contribution in [2.75, 3.05) is 12.0 Å². The van der Waals surface area contributed by atoms with Gasteiger partial charge in [0.2, 0.25) is 0 Å². The number of carboxylic acid groups (broad SMARTS) is 1. The van der Waals surface area contributed by atoms with Crippen LogP contribution in [-0.2, 0) is 6.61 Å². The molecule has 1 atom stereocenters. The highest BCUT2D eigenvalue weighted by Crippen LogP contribution is 2.40. The van der Waals surface area contributed by atoms with Gasteiger partial charge < -0.3 is 19.8 Å². The second kappa shape index (κ2) is 7.35. The molecule has 2 N–H and O–H groups in total. The van der Waals surface area contributed by atoms with Gasteiger partial charge in [0.1, 0.15) is 6.61 Å². The van der Waals surface area contributed by atoms with E-state index >= 15 is 0 Å². The van der Waals surface area contributed by atoms with Crippen LogP contribution in [0.5, 0.6) is 11.5 Å². The van der Waals surface area contributed by atoms with Crippen molar-refractivity contribution in [2.24, 2.45) is 5.16 Å². The fraction of sp³-hybridized carbons (Fsp3) is 0.263. The van der Waals surface area contributed by atoms with Crippen molar-refractivity contribution in [1.29, 1.82) is 0 Å². The molecule has 26 heavy (non-hydrogen) atoms. The minimum Gasteiger partial charge on any atom is -0.493 e. The number of oxime groups is 1. The van der Waals surface area contributed by atoms with Gasteiger partial charge >= 0.3 is 6.09 Å². The molecule has 2 aromatic rings. The Morgan fingerprint density at radius 1 is 1.27 bits per heavy atom. The second-order valence-corrected chi connectivity index (χ2v) is 6.05. The normalized spacial score (nSPS) is 17.7. The van der Waals surface area contributed by atoms with Crippen LogP contribution in [0.1, 0.15) is 24.5 Å². The SMILES string of the molecule is COc1cc2c(cc1OCc1ccccc1)/C(=N\O)CC(C)N2C(=O)O.